The van der Waals surface area contributed by atoms with Crippen LogP contribution >= 0.6 is 0 Å². The molecule has 1 unspecified atom stereocenters. The second-order valence-corrected chi connectivity index (χ2v) is 3.94. The first kappa shape index (κ1) is 11.7. The van der Waals surface area contributed by atoms with Crippen LogP contribution in [0.3, 0.4) is 0 Å². The van der Waals surface area contributed by atoms with Crippen molar-refractivity contribution in [3.05, 3.63) is 35.4 Å². The molecular formula is C13H18N2. The Labute approximate surface area is 91.9 Å². The Morgan fingerprint density at radius 3 is 2.53 bits per heavy atom. The highest BCUT2D eigenvalue weighted by Crippen LogP contribution is 2.18. The molecule has 0 aromatic heterocycles. The van der Waals surface area contributed by atoms with E-state index >= 15 is 0 Å². The van der Waals surface area contributed by atoms with E-state index in [1.807, 2.05) is 18.2 Å². The smallest absolute Gasteiger partial charge is 0.121 e. The van der Waals surface area contributed by atoms with E-state index in [1.54, 1.807) is 0 Å². The van der Waals surface area contributed by atoms with Gasteiger partial charge < -0.3 is 0 Å². The van der Waals surface area contributed by atoms with E-state index in [9.17, 15) is 0 Å². The molecule has 1 atom stereocenters. The molecule has 0 radical (unpaired) electrons. The average molecular weight is 202 g/mol. The fourth-order valence-corrected chi connectivity index (χ4v) is 1.67. The molecule has 0 fully saturated rings. The molecule has 80 valence electrons. The van der Waals surface area contributed by atoms with E-state index in [4.69, 9.17) is 5.26 Å². The van der Waals surface area contributed by atoms with Gasteiger partial charge in [0.05, 0.1) is 6.07 Å². The van der Waals surface area contributed by atoms with Crippen LogP contribution in [-0.4, -0.2) is 6.04 Å². The quantitative estimate of drug-likeness (QED) is 0.815. The van der Waals surface area contributed by atoms with Gasteiger partial charge in [-0.2, -0.15) is 5.26 Å². The maximum Gasteiger partial charge on any atom is 0.121 e. The van der Waals surface area contributed by atoms with Crippen molar-refractivity contribution in [3.8, 4) is 6.07 Å². The van der Waals surface area contributed by atoms with Crippen LogP contribution in [0.25, 0.3) is 0 Å². The molecule has 0 aliphatic carbocycles. The van der Waals surface area contributed by atoms with Crippen molar-refractivity contribution in [3.63, 3.8) is 0 Å². The van der Waals surface area contributed by atoms with Gasteiger partial charge in [-0.15, -0.1) is 0 Å². The molecule has 2 heteroatoms. The van der Waals surface area contributed by atoms with Gasteiger partial charge in [0, 0.05) is 6.04 Å². The number of nitriles is 1. The van der Waals surface area contributed by atoms with Gasteiger partial charge in [0.1, 0.15) is 6.04 Å². The van der Waals surface area contributed by atoms with E-state index in [1.165, 1.54) is 5.56 Å². The Hall–Kier alpha value is -1.33. The van der Waals surface area contributed by atoms with Gasteiger partial charge in [0.25, 0.3) is 0 Å². The van der Waals surface area contributed by atoms with Crippen molar-refractivity contribution >= 4 is 0 Å². The summed E-state index contributed by atoms with van der Waals surface area (Å²) in [7, 11) is 0. The van der Waals surface area contributed by atoms with E-state index in [0.717, 1.165) is 12.0 Å². The second-order valence-electron chi connectivity index (χ2n) is 3.94. The maximum atomic E-state index is 9.14. The number of hydrogen-bond acceptors (Lipinski definition) is 2. The third-order valence-electron chi connectivity index (χ3n) is 2.38. The Kier molecular flexibility index (Phi) is 4.33. The van der Waals surface area contributed by atoms with Gasteiger partial charge in [-0.05, 0) is 31.4 Å². The summed E-state index contributed by atoms with van der Waals surface area (Å²) in [5, 5.41) is 12.4. The molecule has 0 heterocycles. The number of nitrogens with one attached hydrogen (secondary N) is 1. The third-order valence-corrected chi connectivity index (χ3v) is 2.38. The van der Waals surface area contributed by atoms with Crippen molar-refractivity contribution in [2.24, 2.45) is 0 Å². The number of rotatable bonds is 4. The molecule has 1 aromatic rings. The van der Waals surface area contributed by atoms with Crippen LogP contribution in [0.2, 0.25) is 0 Å². The van der Waals surface area contributed by atoms with Crippen LogP contribution in [0.1, 0.15) is 37.9 Å². The van der Waals surface area contributed by atoms with Gasteiger partial charge >= 0.3 is 0 Å². The lowest BCUT2D eigenvalue weighted by Gasteiger charge is -2.17. The summed E-state index contributed by atoms with van der Waals surface area (Å²) in [6.07, 6.45) is 0.966. The molecule has 0 amide bonds. The Morgan fingerprint density at radius 2 is 2.00 bits per heavy atom. The number of benzene rings is 1. The Bertz CT molecular complexity index is 350. The summed E-state index contributed by atoms with van der Waals surface area (Å²) < 4.78 is 0. The summed E-state index contributed by atoms with van der Waals surface area (Å²) in [5.41, 5.74) is 2.36. The fraction of sp³-hybridized carbons (Fsp3) is 0.462. The first-order chi connectivity index (χ1) is 7.19. The van der Waals surface area contributed by atoms with Crippen LogP contribution in [0.4, 0.5) is 0 Å². The van der Waals surface area contributed by atoms with Gasteiger partial charge in [-0.25, -0.2) is 0 Å². The largest absolute Gasteiger partial charge is 0.296 e. The van der Waals surface area contributed by atoms with Crippen LogP contribution in [-0.2, 0) is 6.42 Å². The van der Waals surface area contributed by atoms with E-state index in [-0.39, 0.29) is 6.04 Å². The van der Waals surface area contributed by atoms with E-state index in [2.05, 4.69) is 38.2 Å². The minimum atomic E-state index is -0.193. The number of nitrogens with zero attached hydrogens (tertiary/aromatic N) is 1. The highest BCUT2D eigenvalue weighted by molar-refractivity contribution is 5.33. The van der Waals surface area contributed by atoms with E-state index < -0.39 is 0 Å². The van der Waals surface area contributed by atoms with Crippen molar-refractivity contribution in [1.29, 1.82) is 5.26 Å². The monoisotopic (exact) mass is 202 g/mol. The molecule has 0 saturated carbocycles. The van der Waals surface area contributed by atoms with Crippen molar-refractivity contribution in [2.45, 2.75) is 39.3 Å². The zero-order valence-electron chi connectivity index (χ0n) is 9.62. The molecule has 1 N–H and O–H groups in total. The highest BCUT2D eigenvalue weighted by Gasteiger charge is 2.13. The Balaban J connectivity index is 2.97. The molecule has 15 heavy (non-hydrogen) atoms. The SMILES string of the molecule is CCc1ccccc1C(C#N)NC(C)C. The van der Waals surface area contributed by atoms with Gasteiger partial charge in [-0.3, -0.25) is 5.32 Å². The number of aryl methyl sites for hydroxylation is 1. The van der Waals surface area contributed by atoms with Crippen LogP contribution in [0.15, 0.2) is 24.3 Å². The summed E-state index contributed by atoms with van der Waals surface area (Å²) in [5.74, 6) is 0. The number of hydrogen-bond donors (Lipinski definition) is 1. The molecule has 1 aromatic carbocycles. The minimum absolute atomic E-state index is 0.193. The first-order valence-electron chi connectivity index (χ1n) is 5.42. The highest BCUT2D eigenvalue weighted by atomic mass is 14.9. The van der Waals surface area contributed by atoms with Crippen LogP contribution in [0, 0.1) is 11.3 Å². The molecule has 0 bridgehead atoms. The van der Waals surface area contributed by atoms with Crippen molar-refractivity contribution < 1.29 is 0 Å². The van der Waals surface area contributed by atoms with Crippen LogP contribution < -0.4 is 5.32 Å². The summed E-state index contributed by atoms with van der Waals surface area (Å²) in [6.45, 7) is 6.22. The lowest BCUT2D eigenvalue weighted by Crippen LogP contribution is -2.27. The van der Waals surface area contributed by atoms with Crippen molar-refractivity contribution in [1.82, 2.24) is 5.32 Å². The first-order valence-corrected chi connectivity index (χ1v) is 5.42. The topological polar surface area (TPSA) is 35.8 Å². The zero-order valence-corrected chi connectivity index (χ0v) is 9.62. The summed E-state index contributed by atoms with van der Waals surface area (Å²) >= 11 is 0. The van der Waals surface area contributed by atoms with Gasteiger partial charge in [0.2, 0.25) is 0 Å². The molecule has 0 saturated heterocycles. The lowest BCUT2D eigenvalue weighted by molar-refractivity contribution is 0.544. The Morgan fingerprint density at radius 1 is 1.33 bits per heavy atom. The predicted octanol–water partition coefficient (Wildman–Crippen LogP) is 2.81. The average Bonchev–Trinajstić information content (AvgIpc) is 2.25. The predicted molar refractivity (Wildman–Crippen MR) is 62.4 cm³/mol. The molecule has 0 spiro atoms. The molecule has 1 rings (SSSR count). The molecule has 0 aliphatic heterocycles. The maximum absolute atomic E-state index is 9.14. The van der Waals surface area contributed by atoms with Crippen molar-refractivity contribution in [2.75, 3.05) is 0 Å². The fourth-order valence-electron chi connectivity index (χ4n) is 1.67. The molecule has 2 nitrogen and oxygen atoms in total. The molecular weight excluding hydrogens is 184 g/mol. The molecule has 0 aliphatic rings. The second kappa shape index (κ2) is 5.53. The third kappa shape index (κ3) is 3.07. The summed E-state index contributed by atoms with van der Waals surface area (Å²) in [4.78, 5) is 0. The van der Waals surface area contributed by atoms with Gasteiger partial charge in [0.15, 0.2) is 0 Å². The standard InChI is InChI=1S/C13H18N2/c1-4-11-7-5-6-8-12(11)13(9-14)15-10(2)3/h5-8,10,13,15H,4H2,1-3H3. The lowest BCUT2D eigenvalue weighted by atomic mass is 9.99. The van der Waals surface area contributed by atoms with E-state index in [0.29, 0.717) is 6.04 Å². The zero-order chi connectivity index (χ0) is 11.3. The normalized spacial score (nSPS) is 12.5. The van der Waals surface area contributed by atoms with Gasteiger partial charge in [-0.1, -0.05) is 31.2 Å². The summed E-state index contributed by atoms with van der Waals surface area (Å²) in [6, 6.07) is 10.6. The minimum Gasteiger partial charge on any atom is -0.296 e. The van der Waals surface area contributed by atoms with Crippen LogP contribution in [0.5, 0.6) is 0 Å².